The van der Waals surface area contributed by atoms with Gasteiger partial charge in [0.15, 0.2) is 0 Å². The number of nitrogens with zero attached hydrogens (tertiary/aromatic N) is 1. The second-order valence-electron chi connectivity index (χ2n) is 5.03. The van der Waals surface area contributed by atoms with Gasteiger partial charge in [0.05, 0.1) is 5.75 Å². The molecule has 108 valence electrons. The van der Waals surface area contributed by atoms with E-state index < -0.39 is 0 Å². The predicted molar refractivity (Wildman–Crippen MR) is 85.9 cm³/mol. The van der Waals surface area contributed by atoms with Crippen LogP contribution in [-0.2, 0) is 11.2 Å². The molecule has 3 nitrogen and oxygen atoms in total. The zero-order valence-corrected chi connectivity index (χ0v) is 12.5. The number of carbonyl (C=O) groups excluding carboxylic acids is 1. The summed E-state index contributed by atoms with van der Waals surface area (Å²) in [7, 11) is 0. The Morgan fingerprint density at radius 3 is 2.76 bits per heavy atom. The number of aromatic hydroxyl groups is 1. The largest absolute Gasteiger partial charge is 0.507 e. The first-order valence-corrected chi connectivity index (χ1v) is 8.03. The summed E-state index contributed by atoms with van der Waals surface area (Å²) in [5.74, 6) is 0.663. The molecule has 0 saturated carbocycles. The van der Waals surface area contributed by atoms with Crippen LogP contribution in [0.5, 0.6) is 5.75 Å². The van der Waals surface area contributed by atoms with E-state index in [-0.39, 0.29) is 11.7 Å². The highest BCUT2D eigenvalue weighted by Gasteiger charge is 2.22. The van der Waals surface area contributed by atoms with E-state index >= 15 is 0 Å². The predicted octanol–water partition coefficient (Wildman–Crippen LogP) is 3.46. The van der Waals surface area contributed by atoms with Crippen LogP contribution in [0.25, 0.3) is 0 Å². The number of fused-ring (bicyclic) bond motifs is 1. The second-order valence-corrected chi connectivity index (χ2v) is 6.05. The number of para-hydroxylation sites is 2. The molecule has 0 aromatic heterocycles. The van der Waals surface area contributed by atoms with Crippen molar-refractivity contribution in [1.29, 1.82) is 0 Å². The van der Waals surface area contributed by atoms with Gasteiger partial charge in [-0.2, -0.15) is 0 Å². The number of phenolic OH excluding ortho intramolecular Hbond substituents is 1. The molecule has 0 aliphatic carbocycles. The smallest absolute Gasteiger partial charge is 0.237 e. The fourth-order valence-corrected chi connectivity index (χ4v) is 3.41. The topological polar surface area (TPSA) is 40.5 Å². The fourth-order valence-electron chi connectivity index (χ4n) is 2.59. The first kappa shape index (κ1) is 14.0. The number of benzene rings is 2. The minimum atomic E-state index is 0.0930. The first-order valence-electron chi connectivity index (χ1n) is 7.05. The number of amides is 1. The Bertz CT molecular complexity index is 657. The van der Waals surface area contributed by atoms with Crippen LogP contribution in [0.1, 0.15) is 12.0 Å². The Hall–Kier alpha value is -1.94. The zero-order valence-electron chi connectivity index (χ0n) is 11.7. The number of carbonyl (C=O) groups is 1. The second kappa shape index (κ2) is 6.22. The summed E-state index contributed by atoms with van der Waals surface area (Å²) in [6.07, 6.45) is 2.04. The van der Waals surface area contributed by atoms with Crippen molar-refractivity contribution in [2.75, 3.05) is 17.2 Å². The number of aryl methyl sites for hydroxylation is 1. The lowest BCUT2D eigenvalue weighted by Crippen LogP contribution is -2.36. The lowest BCUT2D eigenvalue weighted by molar-refractivity contribution is -0.116. The van der Waals surface area contributed by atoms with E-state index in [2.05, 4.69) is 6.07 Å². The third-order valence-corrected chi connectivity index (χ3v) is 4.68. The average molecular weight is 299 g/mol. The Morgan fingerprint density at radius 2 is 1.90 bits per heavy atom. The van der Waals surface area contributed by atoms with Gasteiger partial charge in [-0.25, -0.2) is 0 Å². The van der Waals surface area contributed by atoms with Crippen LogP contribution in [0.4, 0.5) is 5.69 Å². The highest BCUT2D eigenvalue weighted by atomic mass is 32.2. The van der Waals surface area contributed by atoms with E-state index in [1.807, 2.05) is 35.2 Å². The summed E-state index contributed by atoms with van der Waals surface area (Å²) in [4.78, 5) is 15.1. The number of hydrogen-bond donors (Lipinski definition) is 1. The van der Waals surface area contributed by atoms with Crippen LogP contribution >= 0.6 is 11.8 Å². The van der Waals surface area contributed by atoms with Gasteiger partial charge < -0.3 is 10.0 Å². The molecule has 0 saturated heterocycles. The molecule has 0 atom stereocenters. The van der Waals surface area contributed by atoms with Gasteiger partial charge in [-0.1, -0.05) is 30.3 Å². The number of rotatable bonds is 3. The maximum Gasteiger partial charge on any atom is 0.237 e. The number of anilines is 1. The van der Waals surface area contributed by atoms with Gasteiger partial charge in [-0.15, -0.1) is 11.8 Å². The lowest BCUT2D eigenvalue weighted by Gasteiger charge is -2.29. The summed E-state index contributed by atoms with van der Waals surface area (Å²) < 4.78 is 0. The van der Waals surface area contributed by atoms with E-state index in [4.69, 9.17) is 0 Å². The summed E-state index contributed by atoms with van der Waals surface area (Å²) in [6.45, 7) is 0.775. The van der Waals surface area contributed by atoms with Crippen LogP contribution in [0.3, 0.4) is 0 Å². The minimum absolute atomic E-state index is 0.0930. The van der Waals surface area contributed by atoms with E-state index in [0.717, 1.165) is 30.0 Å². The van der Waals surface area contributed by atoms with Crippen molar-refractivity contribution >= 4 is 23.4 Å². The van der Waals surface area contributed by atoms with E-state index in [9.17, 15) is 9.90 Å². The summed E-state index contributed by atoms with van der Waals surface area (Å²) in [6, 6.07) is 15.2. The van der Waals surface area contributed by atoms with Crippen molar-refractivity contribution in [3.8, 4) is 5.75 Å². The average Bonchev–Trinajstić information content (AvgIpc) is 2.53. The molecule has 4 heteroatoms. The maximum atomic E-state index is 12.5. The standard InChI is InChI=1S/C17H17NO2S/c19-15-9-3-4-10-16(15)21-12-17(20)18-11-5-7-13-6-1-2-8-14(13)18/h1-4,6,8-10,19H,5,7,11-12H2. The molecule has 0 spiro atoms. The maximum absolute atomic E-state index is 12.5. The van der Waals surface area contributed by atoms with Gasteiger partial charge in [0.2, 0.25) is 5.91 Å². The molecule has 1 amide bonds. The van der Waals surface area contributed by atoms with Crippen LogP contribution in [0, 0.1) is 0 Å². The third-order valence-electron chi connectivity index (χ3n) is 3.63. The highest BCUT2D eigenvalue weighted by molar-refractivity contribution is 8.00. The van der Waals surface area contributed by atoms with E-state index in [1.165, 1.54) is 17.3 Å². The number of thioether (sulfide) groups is 1. The third kappa shape index (κ3) is 3.05. The fraction of sp³-hybridized carbons (Fsp3) is 0.235. The molecule has 0 radical (unpaired) electrons. The molecule has 0 unspecified atom stereocenters. The van der Waals surface area contributed by atoms with Crippen molar-refractivity contribution in [3.63, 3.8) is 0 Å². The van der Waals surface area contributed by atoms with E-state index in [1.54, 1.807) is 12.1 Å². The molecule has 2 aromatic carbocycles. The monoisotopic (exact) mass is 299 g/mol. The Morgan fingerprint density at radius 1 is 1.14 bits per heavy atom. The highest BCUT2D eigenvalue weighted by Crippen LogP contribution is 2.30. The van der Waals surface area contributed by atoms with Crippen LogP contribution in [-0.4, -0.2) is 23.3 Å². The summed E-state index contributed by atoms with van der Waals surface area (Å²) in [5, 5.41) is 9.75. The van der Waals surface area contributed by atoms with Gasteiger partial charge in [-0.05, 0) is 36.6 Å². The van der Waals surface area contributed by atoms with Gasteiger partial charge in [0.25, 0.3) is 0 Å². The Balaban J connectivity index is 1.71. The molecular weight excluding hydrogens is 282 g/mol. The lowest BCUT2D eigenvalue weighted by atomic mass is 10.0. The Labute approximate surface area is 128 Å². The number of phenols is 1. The summed E-state index contributed by atoms with van der Waals surface area (Å²) in [5.41, 5.74) is 2.27. The minimum Gasteiger partial charge on any atom is -0.507 e. The van der Waals surface area contributed by atoms with Gasteiger partial charge in [-0.3, -0.25) is 4.79 Å². The van der Waals surface area contributed by atoms with Crippen molar-refractivity contribution < 1.29 is 9.90 Å². The molecule has 0 bridgehead atoms. The van der Waals surface area contributed by atoms with Crippen LogP contribution < -0.4 is 4.90 Å². The summed E-state index contributed by atoms with van der Waals surface area (Å²) >= 11 is 1.38. The molecule has 2 aromatic rings. The van der Waals surface area contributed by atoms with Gasteiger partial charge in [0.1, 0.15) is 5.75 Å². The Kier molecular flexibility index (Phi) is 4.15. The molecule has 3 rings (SSSR count). The van der Waals surface area contributed by atoms with Crippen molar-refractivity contribution in [2.45, 2.75) is 17.7 Å². The van der Waals surface area contributed by atoms with Crippen LogP contribution in [0.2, 0.25) is 0 Å². The van der Waals surface area contributed by atoms with E-state index in [0.29, 0.717) is 5.75 Å². The van der Waals surface area contributed by atoms with Crippen molar-refractivity contribution in [2.24, 2.45) is 0 Å². The quantitative estimate of drug-likeness (QED) is 0.882. The first-order chi connectivity index (χ1) is 10.3. The van der Waals surface area contributed by atoms with Gasteiger partial charge >= 0.3 is 0 Å². The van der Waals surface area contributed by atoms with Gasteiger partial charge in [0, 0.05) is 17.1 Å². The molecule has 1 aliphatic heterocycles. The van der Waals surface area contributed by atoms with Crippen molar-refractivity contribution in [1.82, 2.24) is 0 Å². The molecule has 21 heavy (non-hydrogen) atoms. The van der Waals surface area contributed by atoms with Crippen molar-refractivity contribution in [3.05, 3.63) is 54.1 Å². The SMILES string of the molecule is O=C(CSc1ccccc1O)N1CCCc2ccccc21. The molecule has 1 N–H and O–H groups in total. The molecule has 1 heterocycles. The zero-order chi connectivity index (χ0) is 14.7. The molecular formula is C17H17NO2S. The normalized spacial score (nSPS) is 13.8. The molecule has 1 aliphatic rings. The molecule has 0 fully saturated rings. The van der Waals surface area contributed by atoms with Crippen LogP contribution in [0.15, 0.2) is 53.4 Å². The number of hydrogen-bond acceptors (Lipinski definition) is 3.